The molecule has 7 heteroatoms. The maximum absolute atomic E-state index is 10.8. The predicted molar refractivity (Wildman–Crippen MR) is 54.8 cm³/mol. The highest BCUT2D eigenvalue weighted by Crippen LogP contribution is 2.09. The molecule has 0 fully saturated rings. The van der Waals surface area contributed by atoms with E-state index in [-0.39, 0.29) is 18.1 Å². The number of carboxylic acids is 1. The zero-order chi connectivity index (χ0) is 11.3. The van der Waals surface area contributed by atoms with Crippen molar-refractivity contribution in [2.45, 2.75) is 6.42 Å². The van der Waals surface area contributed by atoms with Crippen molar-refractivity contribution in [2.24, 2.45) is 5.73 Å². The third-order valence-electron chi connectivity index (χ3n) is 1.62. The number of hydrogen-bond acceptors (Lipinski definition) is 5. The van der Waals surface area contributed by atoms with E-state index >= 15 is 0 Å². The van der Waals surface area contributed by atoms with Gasteiger partial charge in [0.05, 0.1) is 11.6 Å². The monoisotopic (exact) mass is 229 g/mol. The first-order valence-electron chi connectivity index (χ1n) is 4.28. The number of aromatic carboxylic acids is 1. The lowest BCUT2D eigenvalue weighted by molar-refractivity contribution is -0.119. The van der Waals surface area contributed by atoms with Crippen LogP contribution in [0.5, 0.6) is 0 Å². The molecule has 4 N–H and O–H groups in total. The first-order valence-corrected chi connectivity index (χ1v) is 5.16. The molecule has 1 heterocycles. The maximum atomic E-state index is 10.8. The van der Waals surface area contributed by atoms with Crippen molar-refractivity contribution in [1.82, 2.24) is 10.3 Å². The van der Waals surface area contributed by atoms with E-state index in [1.54, 1.807) is 0 Å². The van der Waals surface area contributed by atoms with Crippen molar-refractivity contribution in [1.29, 1.82) is 0 Å². The second-order valence-electron chi connectivity index (χ2n) is 2.74. The number of carbonyl (C=O) groups is 2. The molecular formula is C8H11N3O3S. The Balaban J connectivity index is 2.38. The van der Waals surface area contributed by atoms with Gasteiger partial charge in [0, 0.05) is 18.3 Å². The van der Waals surface area contributed by atoms with Gasteiger partial charge >= 0.3 is 5.97 Å². The number of hydrogen-bond donors (Lipinski definition) is 3. The highest BCUT2D eigenvalue weighted by atomic mass is 32.1. The van der Waals surface area contributed by atoms with Crippen molar-refractivity contribution in [3.8, 4) is 0 Å². The predicted octanol–water partition coefficient (Wildman–Crippen LogP) is -0.541. The number of nitrogens with one attached hydrogen (secondary N) is 1. The molecule has 82 valence electrons. The second kappa shape index (κ2) is 5.42. The van der Waals surface area contributed by atoms with E-state index < -0.39 is 5.97 Å². The molecule has 0 unspecified atom stereocenters. The van der Waals surface area contributed by atoms with Crippen LogP contribution in [0.1, 0.15) is 15.5 Å². The molecule has 0 aliphatic heterocycles. The van der Waals surface area contributed by atoms with Crippen LogP contribution in [0.3, 0.4) is 0 Å². The number of nitrogens with two attached hydrogens (primary N) is 1. The van der Waals surface area contributed by atoms with Crippen LogP contribution in [0.2, 0.25) is 0 Å². The SMILES string of the molecule is NCC(=O)NCCc1nc(C(=O)O)cs1. The summed E-state index contributed by atoms with van der Waals surface area (Å²) in [6.45, 7) is 0.376. The summed E-state index contributed by atoms with van der Waals surface area (Å²) in [4.78, 5) is 25.1. The minimum Gasteiger partial charge on any atom is -0.476 e. The molecular weight excluding hydrogens is 218 g/mol. The molecule has 1 aromatic heterocycles. The van der Waals surface area contributed by atoms with Gasteiger partial charge in [-0.1, -0.05) is 0 Å². The Kier molecular flexibility index (Phi) is 4.19. The van der Waals surface area contributed by atoms with Crippen LogP contribution in [0, 0.1) is 0 Å². The lowest BCUT2D eigenvalue weighted by Crippen LogP contribution is -2.31. The van der Waals surface area contributed by atoms with Gasteiger partial charge in [0.25, 0.3) is 0 Å². The van der Waals surface area contributed by atoms with Gasteiger partial charge in [-0.25, -0.2) is 9.78 Å². The number of carboxylic acid groups (broad SMARTS) is 1. The van der Waals surface area contributed by atoms with Crippen molar-refractivity contribution < 1.29 is 14.7 Å². The number of carbonyl (C=O) groups excluding carboxylic acids is 1. The molecule has 1 rings (SSSR count). The fourth-order valence-electron chi connectivity index (χ4n) is 0.905. The fraction of sp³-hybridized carbons (Fsp3) is 0.375. The Bertz CT molecular complexity index is 364. The van der Waals surface area contributed by atoms with Crippen LogP contribution >= 0.6 is 11.3 Å². The van der Waals surface area contributed by atoms with Crippen molar-refractivity contribution in [3.05, 3.63) is 16.1 Å². The van der Waals surface area contributed by atoms with Gasteiger partial charge < -0.3 is 16.2 Å². The lowest BCUT2D eigenvalue weighted by atomic mass is 10.4. The molecule has 0 bridgehead atoms. The van der Waals surface area contributed by atoms with Gasteiger partial charge in [0.2, 0.25) is 5.91 Å². The third kappa shape index (κ3) is 3.64. The second-order valence-corrected chi connectivity index (χ2v) is 3.68. The number of thiazole rings is 1. The molecule has 1 amide bonds. The standard InChI is InChI=1S/C8H11N3O3S/c9-3-6(12)10-2-1-7-11-5(4-15-7)8(13)14/h4H,1-3,9H2,(H,10,12)(H,13,14). The molecule has 0 aliphatic carbocycles. The minimum absolute atomic E-state index is 0.0418. The van der Waals surface area contributed by atoms with Gasteiger partial charge in [-0.05, 0) is 0 Å². The number of amides is 1. The summed E-state index contributed by atoms with van der Waals surface area (Å²) in [5, 5.41) is 13.3. The Morgan fingerprint density at radius 3 is 2.87 bits per heavy atom. The van der Waals surface area contributed by atoms with Crippen LogP contribution in [0.25, 0.3) is 0 Å². The zero-order valence-corrected chi connectivity index (χ0v) is 8.71. The van der Waals surface area contributed by atoms with E-state index in [2.05, 4.69) is 10.3 Å². The summed E-state index contributed by atoms with van der Waals surface area (Å²) in [5.41, 5.74) is 5.13. The average molecular weight is 229 g/mol. The number of rotatable bonds is 5. The largest absolute Gasteiger partial charge is 0.476 e. The van der Waals surface area contributed by atoms with E-state index in [1.807, 2.05) is 0 Å². The molecule has 6 nitrogen and oxygen atoms in total. The quantitative estimate of drug-likeness (QED) is 0.628. The normalized spacial score (nSPS) is 9.93. The molecule has 1 aromatic rings. The summed E-state index contributed by atoms with van der Waals surface area (Å²) in [6, 6.07) is 0. The summed E-state index contributed by atoms with van der Waals surface area (Å²) in [7, 11) is 0. The van der Waals surface area contributed by atoms with Gasteiger partial charge in [-0.3, -0.25) is 4.79 Å². The third-order valence-corrected chi connectivity index (χ3v) is 2.53. The summed E-state index contributed by atoms with van der Waals surface area (Å²) >= 11 is 1.26. The highest BCUT2D eigenvalue weighted by Gasteiger charge is 2.08. The molecule has 0 atom stereocenters. The Hall–Kier alpha value is -1.47. The van der Waals surface area contributed by atoms with Crippen molar-refractivity contribution in [3.63, 3.8) is 0 Å². The molecule has 15 heavy (non-hydrogen) atoms. The Morgan fingerprint density at radius 2 is 2.33 bits per heavy atom. The number of aromatic nitrogens is 1. The van der Waals surface area contributed by atoms with Crippen molar-refractivity contribution >= 4 is 23.2 Å². The van der Waals surface area contributed by atoms with E-state index in [9.17, 15) is 9.59 Å². The maximum Gasteiger partial charge on any atom is 0.355 e. The van der Waals surface area contributed by atoms with Crippen LogP contribution in [0.15, 0.2) is 5.38 Å². The lowest BCUT2D eigenvalue weighted by Gasteiger charge is -1.99. The summed E-state index contributed by atoms with van der Waals surface area (Å²) < 4.78 is 0. The Labute approximate surface area is 90.1 Å². The average Bonchev–Trinajstić information content (AvgIpc) is 2.66. The van der Waals surface area contributed by atoms with Gasteiger partial charge in [0.15, 0.2) is 5.69 Å². The van der Waals surface area contributed by atoms with E-state index in [4.69, 9.17) is 10.8 Å². The van der Waals surface area contributed by atoms with Crippen molar-refractivity contribution in [2.75, 3.05) is 13.1 Å². The minimum atomic E-state index is -1.04. The van der Waals surface area contributed by atoms with Crippen LogP contribution in [-0.2, 0) is 11.2 Å². The van der Waals surface area contributed by atoms with Gasteiger partial charge in [-0.15, -0.1) is 11.3 Å². The van der Waals surface area contributed by atoms with Gasteiger partial charge in [-0.2, -0.15) is 0 Å². The Morgan fingerprint density at radius 1 is 1.60 bits per heavy atom. The van der Waals surface area contributed by atoms with Crippen LogP contribution < -0.4 is 11.1 Å². The van der Waals surface area contributed by atoms with Crippen LogP contribution in [-0.4, -0.2) is 35.1 Å². The summed E-state index contributed by atoms with van der Waals surface area (Å²) in [6.07, 6.45) is 0.518. The smallest absolute Gasteiger partial charge is 0.355 e. The topological polar surface area (TPSA) is 105 Å². The molecule has 0 aromatic carbocycles. The highest BCUT2D eigenvalue weighted by molar-refractivity contribution is 7.09. The van der Waals surface area contributed by atoms with E-state index in [0.29, 0.717) is 18.0 Å². The van der Waals surface area contributed by atoms with E-state index in [0.717, 1.165) is 0 Å². The zero-order valence-electron chi connectivity index (χ0n) is 7.90. The first-order chi connectivity index (χ1) is 7.13. The van der Waals surface area contributed by atoms with Crippen LogP contribution in [0.4, 0.5) is 0 Å². The molecule has 0 aliphatic rings. The van der Waals surface area contributed by atoms with Gasteiger partial charge in [0.1, 0.15) is 0 Å². The first kappa shape index (κ1) is 11.6. The number of nitrogens with zero attached hydrogens (tertiary/aromatic N) is 1. The molecule has 0 saturated carbocycles. The summed E-state index contributed by atoms with van der Waals surface area (Å²) in [5.74, 6) is -1.27. The fourth-order valence-corrected chi connectivity index (χ4v) is 1.68. The molecule has 0 spiro atoms. The molecule has 0 radical (unpaired) electrons. The van der Waals surface area contributed by atoms with E-state index in [1.165, 1.54) is 16.7 Å². The molecule has 0 saturated heterocycles.